The summed E-state index contributed by atoms with van der Waals surface area (Å²) in [6.07, 6.45) is 2.31. The fourth-order valence-electron chi connectivity index (χ4n) is 2.03. The fourth-order valence-corrected chi connectivity index (χ4v) is 2.03. The van der Waals surface area contributed by atoms with Crippen LogP contribution in [0.2, 0.25) is 0 Å². The van der Waals surface area contributed by atoms with Crippen LogP contribution in [0.1, 0.15) is 58.8 Å². The van der Waals surface area contributed by atoms with Crippen LogP contribution in [0.15, 0.2) is 11.0 Å². The van der Waals surface area contributed by atoms with Gasteiger partial charge in [0.15, 0.2) is 0 Å². The lowest BCUT2D eigenvalue weighted by Crippen LogP contribution is -2.29. The van der Waals surface area contributed by atoms with Crippen LogP contribution >= 0.6 is 0 Å². The summed E-state index contributed by atoms with van der Waals surface area (Å²) in [7, 11) is 0. The Kier molecular flexibility index (Phi) is 7.27. The van der Waals surface area contributed by atoms with Crippen LogP contribution in [0.25, 0.3) is 0 Å². The van der Waals surface area contributed by atoms with Gasteiger partial charge in [-0.1, -0.05) is 34.6 Å². The second kappa shape index (κ2) is 7.87. The van der Waals surface area contributed by atoms with E-state index in [1.165, 1.54) is 6.20 Å². The summed E-state index contributed by atoms with van der Waals surface area (Å²) in [5, 5.41) is 0. The molecule has 4 N–H and O–H groups in total. The van der Waals surface area contributed by atoms with Crippen molar-refractivity contribution < 1.29 is 0 Å². The molecule has 0 unspecified atom stereocenters. The fraction of sp³-hybridized carbons (Fsp3) is 0.692. The second-order valence-electron chi connectivity index (χ2n) is 3.77. The van der Waals surface area contributed by atoms with Crippen LogP contribution in [0.3, 0.4) is 0 Å². The van der Waals surface area contributed by atoms with Gasteiger partial charge in [-0.3, -0.25) is 9.36 Å². The highest BCUT2D eigenvalue weighted by Gasteiger charge is 2.29. The molecule has 2 atom stereocenters. The molecule has 18 heavy (non-hydrogen) atoms. The minimum atomic E-state index is -0.158. The summed E-state index contributed by atoms with van der Waals surface area (Å²) in [4.78, 5) is 15.9. The van der Waals surface area contributed by atoms with E-state index in [0.29, 0.717) is 6.54 Å². The molecule has 5 heteroatoms. The van der Waals surface area contributed by atoms with Crippen LogP contribution in [0, 0.1) is 0 Å². The molecule has 0 bridgehead atoms. The first-order valence-electron chi connectivity index (χ1n) is 6.72. The summed E-state index contributed by atoms with van der Waals surface area (Å²) in [5.74, 6) is 1.09. The number of nitrogens with two attached hydrogens (primary N) is 2. The zero-order chi connectivity index (χ0) is 14.3. The highest BCUT2D eigenvalue weighted by atomic mass is 16.1. The number of hydrogen-bond donors (Lipinski definition) is 2. The van der Waals surface area contributed by atoms with Gasteiger partial charge in [0.1, 0.15) is 11.5 Å². The van der Waals surface area contributed by atoms with E-state index >= 15 is 0 Å². The lowest BCUT2D eigenvalue weighted by Gasteiger charge is -2.11. The molecule has 5 nitrogen and oxygen atoms in total. The van der Waals surface area contributed by atoms with Gasteiger partial charge in [0.05, 0.1) is 12.2 Å². The predicted molar refractivity (Wildman–Crippen MR) is 76.7 cm³/mol. The quantitative estimate of drug-likeness (QED) is 0.801. The second-order valence-corrected chi connectivity index (χ2v) is 3.77. The van der Waals surface area contributed by atoms with Gasteiger partial charge in [-0.05, 0) is 6.42 Å². The Bertz CT molecular complexity index is 414. The van der Waals surface area contributed by atoms with Crippen molar-refractivity contribution in [2.24, 2.45) is 5.73 Å². The van der Waals surface area contributed by atoms with E-state index in [1.807, 2.05) is 34.6 Å². The third-order valence-corrected chi connectivity index (χ3v) is 2.75. The smallest absolute Gasteiger partial charge is 0.276 e. The number of hydrogen-bond acceptors (Lipinski definition) is 4. The molecule has 0 saturated carbocycles. The lowest BCUT2D eigenvalue weighted by molar-refractivity contribution is 0.512. The van der Waals surface area contributed by atoms with Crippen LogP contribution in [0.4, 0.5) is 5.69 Å². The number of nitrogen functional groups attached to an aromatic ring is 1. The number of fused-ring (bicyclic) bond motifs is 1. The van der Waals surface area contributed by atoms with Crippen molar-refractivity contribution in [1.29, 1.82) is 0 Å². The highest BCUT2D eigenvalue weighted by molar-refractivity contribution is 5.33. The molecule has 104 valence electrons. The standard InChI is InChI=1S/C9H14N4O.2C2H6/c1-5-2-6(3-10)13-8(5)12-4-7(11)9(13)14;2*1-2/h4-6H,2-3,10-11H2,1H3;2*1-2H3/t5-,6-;;/m0../s1. The molecule has 0 aromatic carbocycles. The summed E-state index contributed by atoms with van der Waals surface area (Å²) < 4.78 is 1.64. The van der Waals surface area contributed by atoms with Gasteiger partial charge in [-0.2, -0.15) is 0 Å². The topological polar surface area (TPSA) is 86.9 Å². The van der Waals surface area contributed by atoms with E-state index in [2.05, 4.69) is 4.98 Å². The third-order valence-electron chi connectivity index (χ3n) is 2.75. The molecule has 0 aliphatic carbocycles. The molecule has 0 amide bonds. The van der Waals surface area contributed by atoms with Crippen molar-refractivity contribution in [1.82, 2.24) is 9.55 Å². The predicted octanol–water partition coefficient (Wildman–Crippen LogP) is 1.88. The molecule has 1 aromatic rings. The molecule has 2 heterocycles. The summed E-state index contributed by atoms with van der Waals surface area (Å²) >= 11 is 0. The van der Waals surface area contributed by atoms with Gasteiger partial charge in [0.25, 0.3) is 5.56 Å². The van der Waals surface area contributed by atoms with Crippen molar-refractivity contribution >= 4 is 5.69 Å². The van der Waals surface area contributed by atoms with Gasteiger partial charge in [0, 0.05) is 12.5 Å². The van der Waals surface area contributed by atoms with Crippen molar-refractivity contribution in [3.8, 4) is 0 Å². The van der Waals surface area contributed by atoms with E-state index in [-0.39, 0.29) is 23.2 Å². The van der Waals surface area contributed by atoms with E-state index in [4.69, 9.17) is 11.5 Å². The zero-order valence-electron chi connectivity index (χ0n) is 12.1. The van der Waals surface area contributed by atoms with Crippen molar-refractivity contribution in [2.45, 2.75) is 53.0 Å². The van der Waals surface area contributed by atoms with Crippen LogP contribution in [0.5, 0.6) is 0 Å². The molecular weight excluding hydrogens is 228 g/mol. The summed E-state index contributed by atoms with van der Waals surface area (Å²) in [6, 6.07) is 0.0588. The van der Waals surface area contributed by atoms with Gasteiger partial charge in [-0.25, -0.2) is 4.98 Å². The Morgan fingerprint density at radius 3 is 2.44 bits per heavy atom. The average molecular weight is 254 g/mol. The van der Waals surface area contributed by atoms with Crippen LogP contribution in [-0.4, -0.2) is 16.1 Å². The lowest BCUT2D eigenvalue weighted by atomic mass is 10.1. The molecule has 1 aliphatic heterocycles. The molecule has 2 rings (SSSR count). The summed E-state index contributed by atoms with van der Waals surface area (Å²) in [6.45, 7) is 10.5. The molecule has 1 aromatic heterocycles. The molecule has 1 aliphatic rings. The first-order valence-corrected chi connectivity index (χ1v) is 6.72. The molecule has 0 saturated heterocycles. The van der Waals surface area contributed by atoms with Crippen molar-refractivity contribution in [2.75, 3.05) is 12.3 Å². The maximum absolute atomic E-state index is 11.7. The van der Waals surface area contributed by atoms with Gasteiger partial charge < -0.3 is 11.5 Å². The first kappa shape index (κ1) is 16.6. The van der Waals surface area contributed by atoms with Crippen molar-refractivity contribution in [3.05, 3.63) is 22.4 Å². The Labute approximate surface area is 109 Å². The Morgan fingerprint density at radius 1 is 1.39 bits per heavy atom. The number of rotatable bonds is 1. The van der Waals surface area contributed by atoms with E-state index in [0.717, 1.165) is 12.2 Å². The number of anilines is 1. The normalized spacial score (nSPS) is 20.1. The Morgan fingerprint density at radius 2 is 1.94 bits per heavy atom. The maximum atomic E-state index is 11.7. The van der Waals surface area contributed by atoms with E-state index in [1.54, 1.807) is 4.57 Å². The largest absolute Gasteiger partial charge is 0.393 e. The highest BCUT2D eigenvalue weighted by Crippen LogP contribution is 2.31. The minimum Gasteiger partial charge on any atom is -0.393 e. The minimum absolute atomic E-state index is 0.0588. The van der Waals surface area contributed by atoms with Gasteiger partial charge >= 0.3 is 0 Å². The van der Waals surface area contributed by atoms with E-state index in [9.17, 15) is 4.79 Å². The molecule has 0 radical (unpaired) electrons. The number of aromatic nitrogens is 2. The van der Waals surface area contributed by atoms with Gasteiger partial charge in [0.2, 0.25) is 0 Å². The molecular formula is C13H26N4O. The Balaban J connectivity index is 0.000000659. The van der Waals surface area contributed by atoms with Crippen LogP contribution in [-0.2, 0) is 0 Å². The third kappa shape index (κ3) is 3.10. The van der Waals surface area contributed by atoms with Crippen LogP contribution < -0.4 is 17.0 Å². The Hall–Kier alpha value is -1.36. The summed E-state index contributed by atoms with van der Waals surface area (Å²) in [5.41, 5.74) is 11.2. The monoisotopic (exact) mass is 254 g/mol. The molecule has 0 fully saturated rings. The van der Waals surface area contributed by atoms with Crippen molar-refractivity contribution in [3.63, 3.8) is 0 Å². The first-order chi connectivity index (χ1) is 8.65. The average Bonchev–Trinajstić information content (AvgIpc) is 2.76. The SMILES string of the molecule is CC.CC.C[C@H]1C[C@@H](CN)n2c1ncc(N)c2=O. The molecule has 0 spiro atoms. The zero-order valence-corrected chi connectivity index (χ0v) is 12.1. The maximum Gasteiger partial charge on any atom is 0.276 e. The van der Waals surface area contributed by atoms with E-state index < -0.39 is 0 Å². The number of nitrogens with zero attached hydrogens (tertiary/aromatic N) is 2. The van der Waals surface area contributed by atoms with Gasteiger partial charge in [-0.15, -0.1) is 0 Å².